The molecule has 0 amide bonds. The van der Waals surface area contributed by atoms with Crippen LogP contribution >= 0.6 is 0 Å². The maximum absolute atomic E-state index is 3.64. The van der Waals surface area contributed by atoms with Crippen molar-refractivity contribution in [1.82, 2.24) is 10.2 Å². The van der Waals surface area contributed by atoms with E-state index in [1.807, 2.05) is 0 Å². The van der Waals surface area contributed by atoms with E-state index in [-0.39, 0.29) is 0 Å². The average Bonchev–Trinajstić information content (AvgIpc) is 2.96. The van der Waals surface area contributed by atoms with E-state index in [0.717, 1.165) is 0 Å². The van der Waals surface area contributed by atoms with Gasteiger partial charge in [-0.3, -0.25) is 0 Å². The van der Waals surface area contributed by atoms with Gasteiger partial charge in [0, 0.05) is 11.6 Å². The molecule has 1 aliphatic carbocycles. The van der Waals surface area contributed by atoms with Gasteiger partial charge in [0.05, 0.1) is 0 Å². The molecule has 2 nitrogen and oxygen atoms in total. The first-order chi connectivity index (χ1) is 10.2. The average molecular weight is 297 g/mol. The molecule has 0 bridgehead atoms. The fraction of sp³-hybridized carbons (Fsp3) is 1.00. The molecule has 1 aliphatic rings. The highest BCUT2D eigenvalue weighted by Crippen LogP contribution is 2.38. The lowest BCUT2D eigenvalue weighted by Crippen LogP contribution is -2.56. The first kappa shape index (κ1) is 19.0. The lowest BCUT2D eigenvalue weighted by atomic mass is 9.83. The summed E-state index contributed by atoms with van der Waals surface area (Å²) in [5, 5.41) is 3.64. The van der Waals surface area contributed by atoms with E-state index in [2.05, 4.69) is 38.3 Å². The highest BCUT2D eigenvalue weighted by atomic mass is 15.2. The topological polar surface area (TPSA) is 15.3 Å². The molecule has 1 unspecified atom stereocenters. The quantitative estimate of drug-likeness (QED) is 0.511. The van der Waals surface area contributed by atoms with Crippen molar-refractivity contribution in [3.8, 4) is 0 Å². The molecule has 126 valence electrons. The molecule has 1 atom stereocenters. The number of hydrogen-bond acceptors (Lipinski definition) is 2. The zero-order valence-corrected chi connectivity index (χ0v) is 15.2. The van der Waals surface area contributed by atoms with Crippen LogP contribution in [0.3, 0.4) is 0 Å². The zero-order valence-electron chi connectivity index (χ0n) is 15.2. The summed E-state index contributed by atoms with van der Waals surface area (Å²) in [5.41, 5.74) is 0.426. The maximum Gasteiger partial charge on any atom is 0.0356 e. The standard InChI is InChI=1S/C19H40N2/c1-5-6-7-8-9-10-11-12-15-18(20-2)19(21(3)4)16-13-14-17-19/h18,20H,5-17H2,1-4H3. The second-order valence-electron chi connectivity index (χ2n) is 7.31. The summed E-state index contributed by atoms with van der Waals surface area (Å²) in [6.07, 6.45) is 18.3. The molecule has 0 aromatic carbocycles. The molecule has 0 aromatic heterocycles. The largest absolute Gasteiger partial charge is 0.315 e. The smallest absolute Gasteiger partial charge is 0.0356 e. The molecular weight excluding hydrogens is 256 g/mol. The third kappa shape index (κ3) is 5.90. The molecule has 0 saturated heterocycles. The Balaban J connectivity index is 2.21. The fourth-order valence-corrected chi connectivity index (χ4v) is 4.26. The Morgan fingerprint density at radius 2 is 1.43 bits per heavy atom. The van der Waals surface area contributed by atoms with Gasteiger partial charge in [0.25, 0.3) is 0 Å². The number of nitrogens with one attached hydrogen (secondary N) is 1. The van der Waals surface area contributed by atoms with Gasteiger partial charge >= 0.3 is 0 Å². The Kier molecular flexibility index (Phi) is 9.59. The van der Waals surface area contributed by atoms with Gasteiger partial charge in [-0.1, -0.05) is 71.1 Å². The number of nitrogens with zero attached hydrogens (tertiary/aromatic N) is 1. The highest BCUT2D eigenvalue weighted by molar-refractivity contribution is 5.01. The molecule has 0 radical (unpaired) electrons. The minimum atomic E-state index is 0.426. The summed E-state index contributed by atoms with van der Waals surface area (Å²) in [6, 6.07) is 0.676. The van der Waals surface area contributed by atoms with Crippen LogP contribution in [0.2, 0.25) is 0 Å². The van der Waals surface area contributed by atoms with E-state index < -0.39 is 0 Å². The monoisotopic (exact) mass is 296 g/mol. The van der Waals surface area contributed by atoms with Crippen LogP contribution in [0.15, 0.2) is 0 Å². The number of hydrogen-bond donors (Lipinski definition) is 1. The minimum Gasteiger partial charge on any atom is -0.315 e. The molecule has 0 aromatic rings. The van der Waals surface area contributed by atoms with Crippen molar-refractivity contribution in [2.24, 2.45) is 0 Å². The van der Waals surface area contributed by atoms with Crippen LogP contribution in [-0.2, 0) is 0 Å². The Morgan fingerprint density at radius 1 is 0.905 bits per heavy atom. The van der Waals surface area contributed by atoms with Crippen molar-refractivity contribution in [2.45, 2.75) is 102 Å². The first-order valence-electron chi connectivity index (χ1n) is 9.52. The van der Waals surface area contributed by atoms with E-state index in [4.69, 9.17) is 0 Å². The third-order valence-electron chi connectivity index (χ3n) is 5.70. The summed E-state index contributed by atoms with van der Waals surface area (Å²) < 4.78 is 0. The molecule has 1 fully saturated rings. The van der Waals surface area contributed by atoms with Gasteiger partial charge in [0.2, 0.25) is 0 Å². The summed E-state index contributed by atoms with van der Waals surface area (Å²) in [4.78, 5) is 2.51. The minimum absolute atomic E-state index is 0.426. The molecule has 1 saturated carbocycles. The van der Waals surface area contributed by atoms with Crippen molar-refractivity contribution in [1.29, 1.82) is 0 Å². The molecule has 1 N–H and O–H groups in total. The predicted molar refractivity (Wildman–Crippen MR) is 95.0 cm³/mol. The van der Waals surface area contributed by atoms with Gasteiger partial charge in [-0.05, 0) is 40.4 Å². The lowest BCUT2D eigenvalue weighted by Gasteiger charge is -2.43. The second kappa shape index (κ2) is 10.6. The van der Waals surface area contributed by atoms with E-state index in [0.29, 0.717) is 11.6 Å². The third-order valence-corrected chi connectivity index (χ3v) is 5.70. The van der Waals surface area contributed by atoms with Crippen molar-refractivity contribution in [2.75, 3.05) is 21.1 Å². The van der Waals surface area contributed by atoms with E-state index in [1.165, 1.54) is 83.5 Å². The van der Waals surface area contributed by atoms with Crippen molar-refractivity contribution in [3.05, 3.63) is 0 Å². The van der Waals surface area contributed by atoms with E-state index >= 15 is 0 Å². The summed E-state index contributed by atoms with van der Waals surface area (Å²) in [7, 11) is 6.73. The Morgan fingerprint density at radius 3 is 1.90 bits per heavy atom. The van der Waals surface area contributed by atoms with Crippen molar-refractivity contribution < 1.29 is 0 Å². The summed E-state index contributed by atoms with van der Waals surface area (Å²) in [6.45, 7) is 2.29. The Labute approximate surface area is 134 Å². The zero-order chi connectivity index (χ0) is 15.6. The fourth-order valence-electron chi connectivity index (χ4n) is 4.26. The van der Waals surface area contributed by atoms with Crippen LogP contribution in [0, 0.1) is 0 Å². The maximum atomic E-state index is 3.64. The SMILES string of the molecule is CCCCCCCCCCC(NC)C1(N(C)C)CCCC1. The van der Waals surface area contributed by atoms with Crippen LogP contribution in [-0.4, -0.2) is 37.6 Å². The first-order valence-corrected chi connectivity index (χ1v) is 9.52. The van der Waals surface area contributed by atoms with Crippen LogP contribution in [0.4, 0.5) is 0 Å². The molecule has 0 spiro atoms. The lowest BCUT2D eigenvalue weighted by molar-refractivity contribution is 0.102. The molecule has 21 heavy (non-hydrogen) atoms. The van der Waals surface area contributed by atoms with E-state index in [1.54, 1.807) is 0 Å². The number of unbranched alkanes of at least 4 members (excludes halogenated alkanes) is 7. The van der Waals surface area contributed by atoms with Gasteiger partial charge in [-0.25, -0.2) is 0 Å². The summed E-state index contributed by atoms with van der Waals surface area (Å²) >= 11 is 0. The van der Waals surface area contributed by atoms with Crippen molar-refractivity contribution >= 4 is 0 Å². The predicted octanol–water partition coefficient (Wildman–Crippen LogP) is 4.98. The molecule has 0 aliphatic heterocycles. The van der Waals surface area contributed by atoms with Crippen LogP contribution < -0.4 is 5.32 Å². The molecule has 2 heteroatoms. The Bertz CT molecular complexity index is 244. The van der Waals surface area contributed by atoms with Crippen LogP contribution in [0.25, 0.3) is 0 Å². The number of likely N-dealkylation sites (N-methyl/N-ethyl adjacent to an activating group) is 2. The van der Waals surface area contributed by atoms with Gasteiger partial charge in [0.1, 0.15) is 0 Å². The van der Waals surface area contributed by atoms with Crippen molar-refractivity contribution in [3.63, 3.8) is 0 Å². The van der Waals surface area contributed by atoms with E-state index in [9.17, 15) is 0 Å². The number of rotatable bonds is 12. The van der Waals surface area contributed by atoms with Crippen LogP contribution in [0.5, 0.6) is 0 Å². The van der Waals surface area contributed by atoms with Gasteiger partial charge < -0.3 is 10.2 Å². The molecule has 0 heterocycles. The summed E-state index contributed by atoms with van der Waals surface area (Å²) in [5.74, 6) is 0. The van der Waals surface area contributed by atoms with Gasteiger partial charge in [-0.15, -0.1) is 0 Å². The normalized spacial score (nSPS) is 19.3. The molecular formula is C19H40N2. The Hall–Kier alpha value is -0.0800. The van der Waals surface area contributed by atoms with Crippen LogP contribution in [0.1, 0.15) is 90.4 Å². The molecule has 1 rings (SSSR count). The van der Waals surface area contributed by atoms with Gasteiger partial charge in [0.15, 0.2) is 0 Å². The second-order valence-corrected chi connectivity index (χ2v) is 7.31. The highest BCUT2D eigenvalue weighted by Gasteiger charge is 2.41. The van der Waals surface area contributed by atoms with Gasteiger partial charge in [-0.2, -0.15) is 0 Å².